The predicted octanol–water partition coefficient (Wildman–Crippen LogP) is 1.97. The Hall–Kier alpha value is -1.17. The first-order valence-corrected chi connectivity index (χ1v) is 14.2. The first-order valence-electron chi connectivity index (χ1n) is 12.4. The Morgan fingerprint density at radius 2 is 1.78 bits per heavy atom. The summed E-state index contributed by atoms with van der Waals surface area (Å²) in [6.45, 7) is 6.94. The molecule has 0 aliphatic carbocycles. The van der Waals surface area contributed by atoms with Gasteiger partial charge in [-0.25, -0.2) is 17.6 Å². The number of likely N-dealkylation sites (tertiary alicyclic amines) is 1. The largest absolute Gasteiger partial charge is 0.379 e. The lowest BCUT2D eigenvalue weighted by molar-refractivity contribution is 0.0387. The summed E-state index contributed by atoms with van der Waals surface area (Å²) in [4.78, 5) is 17.1. The third kappa shape index (κ3) is 9.61. The molecular weight excluding hydrogens is 530 g/mol. The fraction of sp³-hybridized carbons (Fsp3) is 0.708. The molecule has 3 aliphatic rings. The molecule has 2 amide bonds. The molecule has 2 N–H and O–H groups in total. The van der Waals surface area contributed by atoms with Crippen molar-refractivity contribution in [2.45, 2.75) is 25.3 Å². The fourth-order valence-electron chi connectivity index (χ4n) is 5.40. The first kappa shape index (κ1) is 31.1. The Morgan fingerprint density at radius 3 is 2.50 bits per heavy atom. The van der Waals surface area contributed by atoms with Crippen molar-refractivity contribution in [2.75, 3.05) is 70.5 Å². The quantitative estimate of drug-likeness (QED) is 0.498. The highest BCUT2D eigenvalue weighted by atomic mass is 35.5. The van der Waals surface area contributed by atoms with Gasteiger partial charge >= 0.3 is 6.03 Å². The van der Waals surface area contributed by atoms with Crippen LogP contribution >= 0.6 is 24.8 Å². The van der Waals surface area contributed by atoms with Crippen LogP contribution in [-0.4, -0.2) is 101 Å². The molecule has 3 atom stereocenters. The van der Waals surface area contributed by atoms with Crippen LogP contribution in [0.4, 0.5) is 9.18 Å². The molecule has 0 aromatic heterocycles. The molecule has 4 rings (SSSR count). The van der Waals surface area contributed by atoms with E-state index in [0.717, 1.165) is 70.8 Å². The van der Waals surface area contributed by atoms with Gasteiger partial charge in [-0.05, 0) is 49.4 Å². The molecule has 3 saturated heterocycles. The molecular formula is C24H39Cl2FN4O4S. The van der Waals surface area contributed by atoms with Crippen LogP contribution < -0.4 is 10.6 Å². The summed E-state index contributed by atoms with van der Waals surface area (Å²) in [7, 11) is -3.17. The molecule has 3 fully saturated rings. The number of rotatable bonds is 8. The van der Waals surface area contributed by atoms with Gasteiger partial charge in [0, 0.05) is 51.2 Å². The van der Waals surface area contributed by atoms with E-state index < -0.39 is 9.84 Å². The van der Waals surface area contributed by atoms with Crippen LogP contribution in [0.3, 0.4) is 0 Å². The number of piperidine rings is 1. The monoisotopic (exact) mass is 568 g/mol. The Balaban J connectivity index is 0.00000228. The highest BCUT2D eigenvalue weighted by Crippen LogP contribution is 2.25. The fourth-order valence-corrected chi connectivity index (χ4v) is 7.43. The van der Waals surface area contributed by atoms with Crippen LogP contribution in [-0.2, 0) is 21.0 Å². The van der Waals surface area contributed by atoms with Crippen molar-refractivity contribution >= 4 is 40.7 Å². The van der Waals surface area contributed by atoms with Gasteiger partial charge in [-0.15, -0.1) is 24.8 Å². The third-order valence-corrected chi connectivity index (χ3v) is 8.94. The van der Waals surface area contributed by atoms with E-state index in [9.17, 15) is 17.6 Å². The Kier molecular flexibility index (Phi) is 12.7. The zero-order valence-corrected chi connectivity index (χ0v) is 23.0. The Labute approximate surface area is 226 Å². The number of carbonyl (C=O) groups is 1. The standard InChI is InChI=1S/C24H37FN4O4S.2ClH/c25-22-5-3-19(4-6-22)14-20-2-1-8-29(15-20)16-21-17-34(31,32)18-23(21)27-24(30)26-7-9-28-10-12-33-13-11-28;;/h3-6,20-21,23H,1-2,7-18H2,(H2,26,27,30);2*1H/t20-,21+,23+;;/m0../s1. The zero-order chi connectivity index (χ0) is 24.0. The lowest BCUT2D eigenvalue weighted by Crippen LogP contribution is -2.50. The molecule has 0 unspecified atom stereocenters. The van der Waals surface area contributed by atoms with Gasteiger partial charge in [0.1, 0.15) is 5.82 Å². The summed E-state index contributed by atoms with van der Waals surface area (Å²) in [5.41, 5.74) is 1.13. The van der Waals surface area contributed by atoms with Gasteiger partial charge in [0.25, 0.3) is 0 Å². The van der Waals surface area contributed by atoms with Gasteiger partial charge in [0.15, 0.2) is 9.84 Å². The molecule has 3 heterocycles. The van der Waals surface area contributed by atoms with Gasteiger partial charge in [0.2, 0.25) is 0 Å². The molecule has 3 aliphatic heterocycles. The molecule has 206 valence electrons. The van der Waals surface area contributed by atoms with Crippen LogP contribution in [0.25, 0.3) is 0 Å². The smallest absolute Gasteiger partial charge is 0.315 e. The number of hydrogen-bond acceptors (Lipinski definition) is 6. The number of nitrogens with one attached hydrogen (secondary N) is 2. The zero-order valence-electron chi connectivity index (χ0n) is 20.6. The van der Waals surface area contributed by atoms with E-state index in [4.69, 9.17) is 4.74 Å². The molecule has 12 heteroatoms. The number of hydrogen-bond donors (Lipinski definition) is 2. The minimum absolute atomic E-state index is 0. The lowest BCUT2D eigenvalue weighted by Gasteiger charge is -2.35. The van der Waals surface area contributed by atoms with E-state index in [1.165, 1.54) is 12.1 Å². The number of morpholine rings is 1. The number of benzene rings is 1. The normalized spacial score (nSPS) is 26.4. The minimum Gasteiger partial charge on any atom is -0.379 e. The Bertz CT molecular complexity index is 919. The first-order chi connectivity index (χ1) is 16.4. The molecule has 0 saturated carbocycles. The van der Waals surface area contributed by atoms with Crippen molar-refractivity contribution in [2.24, 2.45) is 11.8 Å². The summed E-state index contributed by atoms with van der Waals surface area (Å²) >= 11 is 0. The average molecular weight is 570 g/mol. The van der Waals surface area contributed by atoms with Crippen molar-refractivity contribution in [1.82, 2.24) is 20.4 Å². The van der Waals surface area contributed by atoms with Crippen molar-refractivity contribution < 1.29 is 22.3 Å². The van der Waals surface area contributed by atoms with Crippen LogP contribution in [0.5, 0.6) is 0 Å². The maximum absolute atomic E-state index is 13.2. The number of carbonyl (C=O) groups excluding carboxylic acids is 1. The van der Waals surface area contributed by atoms with Crippen LogP contribution in [0, 0.1) is 17.7 Å². The van der Waals surface area contributed by atoms with Crippen LogP contribution in [0.15, 0.2) is 24.3 Å². The molecule has 0 radical (unpaired) electrons. The Morgan fingerprint density at radius 1 is 1.06 bits per heavy atom. The predicted molar refractivity (Wildman–Crippen MR) is 143 cm³/mol. The van der Waals surface area contributed by atoms with Gasteiger partial charge in [-0.2, -0.15) is 0 Å². The second kappa shape index (κ2) is 14.7. The SMILES string of the molecule is Cl.Cl.O=C(NCCN1CCOCC1)N[C@@H]1CS(=O)(=O)C[C@H]1CN1CCC[C@@H](Cc2ccc(F)cc2)C1. The van der Waals surface area contributed by atoms with Gasteiger partial charge in [-0.3, -0.25) is 4.90 Å². The lowest BCUT2D eigenvalue weighted by atomic mass is 9.90. The maximum Gasteiger partial charge on any atom is 0.315 e. The van der Waals surface area contributed by atoms with E-state index >= 15 is 0 Å². The van der Waals surface area contributed by atoms with Crippen molar-refractivity contribution in [3.8, 4) is 0 Å². The second-order valence-corrected chi connectivity index (χ2v) is 12.0. The van der Waals surface area contributed by atoms with Gasteiger partial charge in [0.05, 0.1) is 24.7 Å². The van der Waals surface area contributed by atoms with E-state index in [1.807, 2.05) is 12.1 Å². The number of ether oxygens (including phenoxy) is 1. The third-order valence-electron chi connectivity index (χ3n) is 7.14. The molecule has 0 spiro atoms. The number of halogens is 3. The summed E-state index contributed by atoms with van der Waals surface area (Å²) in [6.07, 6.45) is 3.07. The maximum atomic E-state index is 13.2. The topological polar surface area (TPSA) is 91.0 Å². The average Bonchev–Trinajstić information content (AvgIpc) is 3.08. The summed E-state index contributed by atoms with van der Waals surface area (Å²) in [6, 6.07) is 6.02. The summed E-state index contributed by atoms with van der Waals surface area (Å²) in [5.74, 6) is 0.249. The molecule has 1 aromatic rings. The highest BCUT2D eigenvalue weighted by molar-refractivity contribution is 7.91. The van der Waals surface area contributed by atoms with E-state index in [0.29, 0.717) is 19.0 Å². The van der Waals surface area contributed by atoms with Crippen molar-refractivity contribution in [3.05, 3.63) is 35.6 Å². The van der Waals surface area contributed by atoms with E-state index in [-0.39, 0.29) is 60.1 Å². The molecule has 36 heavy (non-hydrogen) atoms. The summed E-state index contributed by atoms with van der Waals surface area (Å²) in [5, 5.41) is 5.81. The second-order valence-electron chi connectivity index (χ2n) is 9.90. The highest BCUT2D eigenvalue weighted by Gasteiger charge is 2.39. The van der Waals surface area contributed by atoms with Crippen molar-refractivity contribution in [1.29, 1.82) is 0 Å². The minimum atomic E-state index is -3.17. The van der Waals surface area contributed by atoms with Crippen molar-refractivity contribution in [3.63, 3.8) is 0 Å². The van der Waals surface area contributed by atoms with E-state index in [2.05, 4.69) is 20.4 Å². The van der Waals surface area contributed by atoms with Gasteiger partial charge < -0.3 is 20.3 Å². The van der Waals surface area contributed by atoms with E-state index in [1.54, 1.807) is 0 Å². The molecule has 1 aromatic carbocycles. The van der Waals surface area contributed by atoms with Gasteiger partial charge in [-0.1, -0.05) is 12.1 Å². The number of nitrogens with zero attached hydrogens (tertiary/aromatic N) is 2. The number of sulfone groups is 1. The molecule has 0 bridgehead atoms. The van der Waals surface area contributed by atoms with Crippen LogP contribution in [0.2, 0.25) is 0 Å². The number of amides is 2. The molecule has 8 nitrogen and oxygen atoms in total. The van der Waals surface area contributed by atoms with Crippen LogP contribution in [0.1, 0.15) is 18.4 Å². The number of urea groups is 1. The summed E-state index contributed by atoms with van der Waals surface area (Å²) < 4.78 is 43.3.